The van der Waals surface area contributed by atoms with E-state index in [1.165, 1.54) is 111 Å². The maximum absolute atomic E-state index is 2.70. The van der Waals surface area contributed by atoms with E-state index in [1.54, 1.807) is 0 Å². The van der Waals surface area contributed by atoms with E-state index in [0.717, 1.165) is 77.0 Å². The molecule has 0 spiro atoms. The molecule has 0 aliphatic rings. The molecule has 0 heterocycles. The number of unbranched alkanes of at least 4 members (excludes halogenated alkanes) is 4. The van der Waals surface area contributed by atoms with Crippen LogP contribution in [0.15, 0.2) is 146 Å². The van der Waals surface area contributed by atoms with E-state index in [-0.39, 0.29) is 21.7 Å². The van der Waals surface area contributed by atoms with Crippen LogP contribution in [0.1, 0.15) is 207 Å². The van der Waals surface area contributed by atoms with Gasteiger partial charge >= 0.3 is 0 Å². The summed E-state index contributed by atoms with van der Waals surface area (Å²) in [5.74, 6) is 0. The molecule has 410 valence electrons. The van der Waals surface area contributed by atoms with Gasteiger partial charge in [0.2, 0.25) is 0 Å². The first-order valence-electron chi connectivity index (χ1n) is 30.2. The van der Waals surface area contributed by atoms with E-state index >= 15 is 0 Å². The monoisotopic (exact) mass is 1040 g/mol. The number of fused-ring (bicyclic) bond motifs is 2. The van der Waals surface area contributed by atoms with Crippen molar-refractivity contribution in [2.45, 2.75) is 209 Å². The van der Waals surface area contributed by atoms with E-state index in [0.29, 0.717) is 0 Å². The van der Waals surface area contributed by atoms with Crippen molar-refractivity contribution in [3.05, 3.63) is 190 Å². The molecule has 0 radical (unpaired) electrons. The molecule has 8 aromatic carbocycles. The van der Waals surface area contributed by atoms with Crippen LogP contribution in [0.3, 0.4) is 0 Å². The highest BCUT2D eigenvalue weighted by Gasteiger charge is 2.31. The van der Waals surface area contributed by atoms with Crippen molar-refractivity contribution in [3.8, 4) is 11.1 Å². The summed E-state index contributed by atoms with van der Waals surface area (Å²) in [5, 5.41) is 4.94. The van der Waals surface area contributed by atoms with Gasteiger partial charge in [0.25, 0.3) is 0 Å². The van der Waals surface area contributed by atoms with Gasteiger partial charge in [0.05, 0.1) is 11.4 Å². The van der Waals surface area contributed by atoms with E-state index in [4.69, 9.17) is 0 Å². The summed E-state index contributed by atoms with van der Waals surface area (Å²) in [6.45, 7) is 37.8. The Hall–Kier alpha value is -6.12. The number of nitrogens with zero attached hydrogens (tertiary/aromatic N) is 2. The van der Waals surface area contributed by atoms with Crippen LogP contribution in [0.25, 0.3) is 32.7 Å². The van der Waals surface area contributed by atoms with Gasteiger partial charge in [-0.2, -0.15) is 0 Å². The molecule has 0 aliphatic heterocycles. The number of rotatable bonds is 19. The molecule has 0 saturated carbocycles. The van der Waals surface area contributed by atoms with Gasteiger partial charge in [-0.05, 0) is 183 Å². The highest BCUT2D eigenvalue weighted by Crippen LogP contribution is 2.54. The van der Waals surface area contributed by atoms with Crippen LogP contribution in [0.4, 0.5) is 34.1 Å². The fraction of sp³-hybridized carbons (Fsp3) is 0.421. The zero-order chi connectivity index (χ0) is 56.2. The highest BCUT2D eigenvalue weighted by molar-refractivity contribution is 6.24. The smallest absolute Gasteiger partial charge is 0.0620 e. The second-order valence-corrected chi connectivity index (χ2v) is 27.0. The first kappa shape index (κ1) is 58.0. The summed E-state index contributed by atoms with van der Waals surface area (Å²) < 4.78 is 0. The quantitative estimate of drug-likeness (QED) is 0.0588. The van der Waals surface area contributed by atoms with Gasteiger partial charge in [-0.15, -0.1) is 0 Å². The summed E-state index contributed by atoms with van der Waals surface area (Å²) in [4.78, 5) is 5.40. The molecule has 2 nitrogen and oxygen atoms in total. The van der Waals surface area contributed by atoms with E-state index in [1.807, 2.05) is 0 Å². The molecule has 0 aromatic heterocycles. The Labute approximate surface area is 473 Å². The van der Waals surface area contributed by atoms with Crippen LogP contribution < -0.4 is 9.80 Å². The number of anilines is 6. The Balaban J connectivity index is 1.62. The fourth-order valence-electron chi connectivity index (χ4n) is 11.3. The molecular formula is C76H96N2. The van der Waals surface area contributed by atoms with Crippen molar-refractivity contribution in [1.29, 1.82) is 0 Å². The molecule has 0 atom stereocenters. The molecule has 8 rings (SSSR count). The molecule has 0 aliphatic carbocycles. The van der Waals surface area contributed by atoms with E-state index in [2.05, 4.69) is 266 Å². The van der Waals surface area contributed by atoms with E-state index in [9.17, 15) is 0 Å². The SMILES string of the molecule is CCCCc1cc(CCCC)cc(N(c2cc(C(C)(C)C)cc(C(C)(C)C)c2)c2c3ccccc3c(N(c3cc(CCCC)cc(CCCC)c3)c3cc(C(C)(C)C)cc(C(C)(C)C)c3)c3cc(-c4ccccc4)ccc23)c1. The van der Waals surface area contributed by atoms with Crippen molar-refractivity contribution >= 4 is 55.7 Å². The summed E-state index contributed by atoms with van der Waals surface area (Å²) >= 11 is 0. The van der Waals surface area contributed by atoms with E-state index < -0.39 is 0 Å². The highest BCUT2D eigenvalue weighted by atomic mass is 15.2. The van der Waals surface area contributed by atoms with Crippen LogP contribution >= 0.6 is 0 Å². The first-order chi connectivity index (χ1) is 37.0. The molecule has 0 unspecified atom stereocenters. The summed E-state index contributed by atoms with van der Waals surface area (Å²) in [6.07, 6.45) is 13.5. The third-order valence-corrected chi connectivity index (χ3v) is 16.2. The Kier molecular flexibility index (Phi) is 17.9. The molecule has 0 fully saturated rings. The third-order valence-electron chi connectivity index (χ3n) is 16.2. The van der Waals surface area contributed by atoms with Crippen LogP contribution in [0.2, 0.25) is 0 Å². The lowest BCUT2D eigenvalue weighted by Gasteiger charge is -2.36. The largest absolute Gasteiger partial charge is 0.309 e. The minimum absolute atomic E-state index is 0.0782. The predicted molar refractivity (Wildman–Crippen MR) is 346 cm³/mol. The predicted octanol–water partition coefficient (Wildman–Crippen LogP) is 23.2. The van der Waals surface area contributed by atoms with Gasteiger partial charge in [-0.25, -0.2) is 0 Å². The molecule has 0 saturated heterocycles. The van der Waals surface area contributed by atoms with Crippen LogP contribution in [0.5, 0.6) is 0 Å². The number of hydrogen-bond acceptors (Lipinski definition) is 2. The molecule has 8 aromatic rings. The lowest BCUT2D eigenvalue weighted by atomic mass is 9.80. The molecule has 78 heavy (non-hydrogen) atoms. The van der Waals surface area contributed by atoms with Crippen LogP contribution in [-0.4, -0.2) is 0 Å². The van der Waals surface area contributed by atoms with Crippen LogP contribution in [0, 0.1) is 0 Å². The standard InChI is InChI=1S/C76H96N2/c1-17-21-30-53-40-54(31-22-18-2)43-63(42-53)77(65-49-59(73(5,6)7)47-60(50-65)74(8,9)10)71-67-36-28-29-37-68(67)72(70-46-58(38-39-69(70)71)57-34-26-25-27-35-57)78(64-44-55(32-23-19-3)41-56(45-64)33-24-20-4)66-51-61(75(11,12)13)48-62(52-66)76(14,15)16/h25-29,34-52H,17-24,30-33H2,1-16H3. The Morgan fingerprint density at radius 1 is 0.282 bits per heavy atom. The number of hydrogen-bond donors (Lipinski definition) is 0. The minimum Gasteiger partial charge on any atom is -0.309 e. The zero-order valence-corrected chi connectivity index (χ0v) is 51.2. The topological polar surface area (TPSA) is 6.48 Å². The fourth-order valence-corrected chi connectivity index (χ4v) is 11.3. The molecule has 0 bridgehead atoms. The van der Waals surface area contributed by atoms with Crippen molar-refractivity contribution in [1.82, 2.24) is 0 Å². The summed E-state index contributed by atoms with van der Waals surface area (Å²) in [7, 11) is 0. The second kappa shape index (κ2) is 24.1. The van der Waals surface area contributed by atoms with Crippen molar-refractivity contribution in [2.24, 2.45) is 0 Å². The minimum atomic E-state index is -0.0823. The summed E-state index contributed by atoms with van der Waals surface area (Å²) in [5.41, 5.74) is 20.5. The maximum Gasteiger partial charge on any atom is 0.0620 e. The van der Waals surface area contributed by atoms with Gasteiger partial charge < -0.3 is 9.80 Å². The van der Waals surface area contributed by atoms with Crippen molar-refractivity contribution in [2.75, 3.05) is 9.80 Å². The maximum atomic E-state index is 2.70. The first-order valence-corrected chi connectivity index (χ1v) is 30.2. The van der Waals surface area contributed by atoms with Crippen LogP contribution in [-0.2, 0) is 47.3 Å². The van der Waals surface area contributed by atoms with Gasteiger partial charge in [0, 0.05) is 44.3 Å². The zero-order valence-electron chi connectivity index (χ0n) is 51.2. The van der Waals surface area contributed by atoms with Gasteiger partial charge in [0.1, 0.15) is 0 Å². The number of benzene rings is 8. The lowest BCUT2D eigenvalue weighted by Crippen LogP contribution is -2.20. The summed E-state index contributed by atoms with van der Waals surface area (Å²) in [6, 6.07) is 58.1. The van der Waals surface area contributed by atoms with Gasteiger partial charge in [-0.3, -0.25) is 0 Å². The molecule has 0 N–H and O–H groups in total. The average molecular weight is 1040 g/mol. The Morgan fingerprint density at radius 2 is 0.590 bits per heavy atom. The lowest BCUT2D eigenvalue weighted by molar-refractivity contribution is 0.568. The third kappa shape index (κ3) is 13.3. The Morgan fingerprint density at radius 3 is 0.923 bits per heavy atom. The van der Waals surface area contributed by atoms with Gasteiger partial charge in [-0.1, -0.05) is 227 Å². The molecule has 2 heteroatoms. The van der Waals surface area contributed by atoms with Gasteiger partial charge in [0.15, 0.2) is 0 Å². The van der Waals surface area contributed by atoms with Crippen molar-refractivity contribution in [3.63, 3.8) is 0 Å². The Bertz CT molecular complexity index is 3210. The average Bonchev–Trinajstić information content (AvgIpc) is 3.60. The molecular weight excluding hydrogens is 941 g/mol. The second-order valence-electron chi connectivity index (χ2n) is 27.0. The number of aryl methyl sites for hydroxylation is 4. The molecule has 0 amide bonds. The normalized spacial score (nSPS) is 12.5. The van der Waals surface area contributed by atoms with Crippen molar-refractivity contribution < 1.29 is 0 Å².